The number of thioether (sulfide) groups is 1. The standard InChI is InChI=1S/C15H16N2O2S/c1-10-3-4-12(7-16)5-14(10)17-8-13(6-15(17)19)9-20-11(2)18/h3-5,13H,6,8-9H2,1-2H3. The first-order chi connectivity index (χ1) is 9.51. The van der Waals surface area contributed by atoms with Crippen molar-refractivity contribution in [2.75, 3.05) is 17.2 Å². The second kappa shape index (κ2) is 6.10. The van der Waals surface area contributed by atoms with Crippen LogP contribution in [0.2, 0.25) is 0 Å². The topological polar surface area (TPSA) is 61.2 Å². The number of nitriles is 1. The van der Waals surface area contributed by atoms with Gasteiger partial charge in [-0.15, -0.1) is 0 Å². The van der Waals surface area contributed by atoms with E-state index >= 15 is 0 Å². The fourth-order valence-corrected chi connectivity index (χ4v) is 3.02. The van der Waals surface area contributed by atoms with Gasteiger partial charge in [-0.25, -0.2) is 0 Å². The molecule has 2 rings (SSSR count). The average molecular weight is 288 g/mol. The van der Waals surface area contributed by atoms with E-state index in [0.29, 0.717) is 24.3 Å². The maximum absolute atomic E-state index is 12.1. The maximum Gasteiger partial charge on any atom is 0.227 e. The van der Waals surface area contributed by atoms with Crippen LogP contribution in [0.4, 0.5) is 5.69 Å². The number of benzene rings is 1. The van der Waals surface area contributed by atoms with Crippen molar-refractivity contribution >= 4 is 28.5 Å². The fourth-order valence-electron chi connectivity index (χ4n) is 2.33. The first-order valence-electron chi connectivity index (χ1n) is 6.45. The molecule has 1 heterocycles. The van der Waals surface area contributed by atoms with E-state index in [1.165, 1.54) is 11.8 Å². The molecule has 1 unspecified atom stereocenters. The molecule has 0 aromatic heterocycles. The highest BCUT2D eigenvalue weighted by Crippen LogP contribution is 2.30. The number of hydrogen-bond donors (Lipinski definition) is 0. The van der Waals surface area contributed by atoms with Crippen LogP contribution < -0.4 is 4.90 Å². The van der Waals surface area contributed by atoms with Crippen LogP contribution in [-0.4, -0.2) is 23.3 Å². The summed E-state index contributed by atoms with van der Waals surface area (Å²) in [6.07, 6.45) is 0.469. The number of rotatable bonds is 3. The lowest BCUT2D eigenvalue weighted by Gasteiger charge is -2.19. The molecule has 4 nitrogen and oxygen atoms in total. The van der Waals surface area contributed by atoms with Gasteiger partial charge in [0.15, 0.2) is 5.12 Å². The van der Waals surface area contributed by atoms with Crippen molar-refractivity contribution in [3.63, 3.8) is 0 Å². The Morgan fingerprint density at radius 1 is 1.55 bits per heavy atom. The number of anilines is 1. The Morgan fingerprint density at radius 2 is 2.30 bits per heavy atom. The van der Waals surface area contributed by atoms with Gasteiger partial charge in [-0.05, 0) is 30.5 Å². The van der Waals surface area contributed by atoms with Crippen LogP contribution in [0.1, 0.15) is 24.5 Å². The minimum atomic E-state index is 0.0670. The van der Waals surface area contributed by atoms with E-state index in [-0.39, 0.29) is 16.9 Å². The highest BCUT2D eigenvalue weighted by Gasteiger charge is 2.31. The highest BCUT2D eigenvalue weighted by molar-refractivity contribution is 8.13. The summed E-state index contributed by atoms with van der Waals surface area (Å²) in [7, 11) is 0. The van der Waals surface area contributed by atoms with Crippen molar-refractivity contribution in [1.29, 1.82) is 5.26 Å². The lowest BCUT2D eigenvalue weighted by atomic mass is 10.1. The van der Waals surface area contributed by atoms with E-state index in [4.69, 9.17) is 5.26 Å². The molecule has 1 saturated heterocycles. The molecule has 1 aliphatic heterocycles. The zero-order valence-electron chi connectivity index (χ0n) is 11.5. The summed E-state index contributed by atoms with van der Waals surface area (Å²) in [6.45, 7) is 4.09. The molecule has 1 aromatic rings. The summed E-state index contributed by atoms with van der Waals surface area (Å²) in [5, 5.41) is 9.05. The summed E-state index contributed by atoms with van der Waals surface area (Å²) in [5.41, 5.74) is 2.35. The zero-order valence-corrected chi connectivity index (χ0v) is 12.4. The fraction of sp³-hybridized carbons (Fsp3) is 0.400. The van der Waals surface area contributed by atoms with E-state index in [0.717, 1.165) is 11.3 Å². The van der Waals surface area contributed by atoms with Crippen LogP contribution in [-0.2, 0) is 9.59 Å². The van der Waals surface area contributed by atoms with Crippen molar-refractivity contribution in [2.45, 2.75) is 20.3 Å². The van der Waals surface area contributed by atoms with E-state index in [2.05, 4.69) is 6.07 Å². The molecular formula is C15H16N2O2S. The Bertz CT molecular complexity index is 592. The number of aryl methyl sites for hydroxylation is 1. The Morgan fingerprint density at radius 3 is 2.95 bits per heavy atom. The Balaban J connectivity index is 2.16. The van der Waals surface area contributed by atoms with Crippen LogP contribution in [0.5, 0.6) is 0 Å². The van der Waals surface area contributed by atoms with Gasteiger partial charge in [0.2, 0.25) is 5.91 Å². The molecule has 1 atom stereocenters. The Hall–Kier alpha value is -1.80. The third kappa shape index (κ3) is 3.20. The number of carbonyl (C=O) groups is 2. The minimum absolute atomic E-state index is 0.0670. The molecular weight excluding hydrogens is 272 g/mol. The molecule has 1 aromatic carbocycles. The summed E-state index contributed by atoms with van der Waals surface area (Å²) < 4.78 is 0. The van der Waals surface area contributed by atoms with Gasteiger partial charge in [-0.2, -0.15) is 5.26 Å². The summed E-state index contributed by atoms with van der Waals surface area (Å²) >= 11 is 1.27. The average Bonchev–Trinajstić information content (AvgIpc) is 2.78. The second-order valence-corrected chi connectivity index (χ2v) is 6.19. The normalized spacial score (nSPS) is 18.1. The molecule has 0 saturated carbocycles. The molecule has 1 aliphatic rings. The van der Waals surface area contributed by atoms with Gasteiger partial charge in [0, 0.05) is 31.3 Å². The summed E-state index contributed by atoms with van der Waals surface area (Å²) in [5.74, 6) is 0.938. The number of carbonyl (C=O) groups excluding carboxylic acids is 2. The van der Waals surface area contributed by atoms with Gasteiger partial charge in [-0.1, -0.05) is 17.8 Å². The first kappa shape index (κ1) is 14.6. The Kier molecular flexibility index (Phi) is 4.46. The molecule has 104 valence electrons. The van der Waals surface area contributed by atoms with Crippen molar-refractivity contribution in [2.24, 2.45) is 5.92 Å². The predicted molar refractivity (Wildman–Crippen MR) is 79.5 cm³/mol. The van der Waals surface area contributed by atoms with Gasteiger partial charge in [0.05, 0.1) is 11.6 Å². The second-order valence-electron chi connectivity index (χ2n) is 4.99. The van der Waals surface area contributed by atoms with Gasteiger partial charge in [0.1, 0.15) is 0 Å². The van der Waals surface area contributed by atoms with Gasteiger partial charge >= 0.3 is 0 Å². The molecule has 20 heavy (non-hydrogen) atoms. The van der Waals surface area contributed by atoms with Gasteiger partial charge in [0.25, 0.3) is 0 Å². The number of hydrogen-bond acceptors (Lipinski definition) is 4. The zero-order chi connectivity index (χ0) is 14.7. The molecule has 0 radical (unpaired) electrons. The highest BCUT2D eigenvalue weighted by atomic mass is 32.2. The molecule has 0 N–H and O–H groups in total. The van der Waals surface area contributed by atoms with Crippen LogP contribution in [0.15, 0.2) is 18.2 Å². The third-order valence-corrected chi connectivity index (χ3v) is 4.40. The Labute approximate surface area is 122 Å². The van der Waals surface area contributed by atoms with Gasteiger partial charge < -0.3 is 4.90 Å². The maximum atomic E-state index is 12.1. The molecule has 5 heteroatoms. The minimum Gasteiger partial charge on any atom is -0.312 e. The number of nitrogens with zero attached hydrogens (tertiary/aromatic N) is 2. The van der Waals surface area contributed by atoms with Crippen molar-refractivity contribution < 1.29 is 9.59 Å². The first-order valence-corrected chi connectivity index (χ1v) is 7.44. The van der Waals surface area contributed by atoms with E-state index in [1.54, 1.807) is 24.0 Å². The molecule has 1 fully saturated rings. The van der Waals surface area contributed by atoms with Crippen LogP contribution >= 0.6 is 11.8 Å². The third-order valence-electron chi connectivity index (χ3n) is 3.36. The van der Waals surface area contributed by atoms with E-state index in [9.17, 15) is 9.59 Å². The molecule has 0 spiro atoms. The molecule has 0 aliphatic carbocycles. The van der Waals surface area contributed by atoms with Gasteiger partial charge in [-0.3, -0.25) is 9.59 Å². The molecule has 0 bridgehead atoms. The number of amides is 1. The van der Waals surface area contributed by atoms with Crippen LogP contribution in [0.3, 0.4) is 0 Å². The van der Waals surface area contributed by atoms with E-state index in [1.807, 2.05) is 13.0 Å². The van der Waals surface area contributed by atoms with E-state index < -0.39 is 0 Å². The smallest absolute Gasteiger partial charge is 0.227 e. The lowest BCUT2D eigenvalue weighted by Crippen LogP contribution is -2.25. The monoisotopic (exact) mass is 288 g/mol. The van der Waals surface area contributed by atoms with Crippen molar-refractivity contribution in [3.8, 4) is 6.07 Å². The summed E-state index contributed by atoms with van der Waals surface area (Å²) in [4.78, 5) is 24.9. The SMILES string of the molecule is CC(=O)SCC1CC(=O)N(c2cc(C#N)ccc2C)C1. The van der Waals surface area contributed by atoms with Crippen LogP contribution in [0.25, 0.3) is 0 Å². The lowest BCUT2D eigenvalue weighted by molar-refractivity contribution is -0.117. The summed E-state index contributed by atoms with van der Waals surface area (Å²) in [6, 6.07) is 7.47. The largest absolute Gasteiger partial charge is 0.312 e. The van der Waals surface area contributed by atoms with Crippen LogP contribution in [0, 0.1) is 24.2 Å². The predicted octanol–water partition coefficient (Wildman–Crippen LogP) is 2.50. The molecule has 1 amide bonds. The van der Waals surface area contributed by atoms with Crippen molar-refractivity contribution in [3.05, 3.63) is 29.3 Å². The van der Waals surface area contributed by atoms with Crippen molar-refractivity contribution in [1.82, 2.24) is 0 Å². The quantitative estimate of drug-likeness (QED) is 0.857.